The van der Waals surface area contributed by atoms with E-state index in [1.165, 1.54) is 12.1 Å². The minimum absolute atomic E-state index is 0.0172. The topological polar surface area (TPSA) is 12.0 Å². The molecule has 100 valence electrons. The van der Waals surface area contributed by atoms with Gasteiger partial charge in [-0.2, -0.15) is 24.9 Å². The van der Waals surface area contributed by atoms with Crippen LogP contribution in [0.25, 0.3) is 0 Å². The number of thioether (sulfide) groups is 1. The number of anilines is 1. The molecule has 1 aromatic carbocycles. The lowest BCUT2D eigenvalue weighted by Gasteiger charge is -2.26. The van der Waals surface area contributed by atoms with Crippen LogP contribution in [-0.2, 0) is 6.18 Å². The summed E-state index contributed by atoms with van der Waals surface area (Å²) >= 11 is 7.71. The predicted molar refractivity (Wildman–Crippen MR) is 70.4 cm³/mol. The van der Waals surface area contributed by atoms with Crippen molar-refractivity contribution in [1.82, 2.24) is 0 Å². The fourth-order valence-corrected chi connectivity index (χ4v) is 3.29. The molecular formula is C12H13ClF3NS. The molecule has 0 bridgehead atoms. The molecule has 1 aromatic rings. The van der Waals surface area contributed by atoms with Crippen molar-refractivity contribution in [3.8, 4) is 0 Å². The number of hydrogen-bond acceptors (Lipinski definition) is 2. The Hall–Kier alpha value is -0.550. The first kappa shape index (κ1) is 13.9. The van der Waals surface area contributed by atoms with Crippen LogP contribution in [0.2, 0.25) is 5.02 Å². The van der Waals surface area contributed by atoms with Crippen molar-refractivity contribution in [2.24, 2.45) is 0 Å². The highest BCUT2D eigenvalue weighted by Crippen LogP contribution is 2.39. The zero-order chi connectivity index (χ0) is 13.2. The fourth-order valence-electron chi connectivity index (χ4n) is 1.95. The second-order valence-corrected chi connectivity index (χ2v) is 5.82. The van der Waals surface area contributed by atoms with Gasteiger partial charge in [0, 0.05) is 6.04 Å². The Morgan fingerprint density at radius 3 is 2.50 bits per heavy atom. The van der Waals surface area contributed by atoms with Crippen LogP contribution in [0.5, 0.6) is 0 Å². The third-order valence-electron chi connectivity index (χ3n) is 2.89. The maximum Gasteiger partial charge on any atom is 0.418 e. The molecule has 0 spiro atoms. The Kier molecular flexibility index (Phi) is 4.33. The van der Waals surface area contributed by atoms with Crippen LogP contribution in [-0.4, -0.2) is 17.5 Å². The van der Waals surface area contributed by atoms with Gasteiger partial charge in [0.15, 0.2) is 0 Å². The van der Waals surface area contributed by atoms with Crippen LogP contribution in [0.15, 0.2) is 18.2 Å². The highest BCUT2D eigenvalue weighted by atomic mass is 35.5. The van der Waals surface area contributed by atoms with Gasteiger partial charge >= 0.3 is 6.18 Å². The lowest BCUT2D eigenvalue weighted by molar-refractivity contribution is -0.137. The predicted octanol–water partition coefficient (Wildman–Crippen LogP) is 4.67. The van der Waals surface area contributed by atoms with Crippen molar-refractivity contribution in [3.63, 3.8) is 0 Å². The van der Waals surface area contributed by atoms with Gasteiger partial charge in [0.1, 0.15) is 0 Å². The summed E-state index contributed by atoms with van der Waals surface area (Å²) in [5, 5.41) is 3.09. The van der Waals surface area contributed by atoms with Gasteiger partial charge < -0.3 is 5.32 Å². The van der Waals surface area contributed by atoms with E-state index in [-0.39, 0.29) is 16.8 Å². The summed E-state index contributed by atoms with van der Waals surface area (Å²) in [6.07, 6.45) is -2.64. The lowest BCUT2D eigenvalue weighted by Crippen LogP contribution is -2.26. The standard InChI is InChI=1S/C12H13ClF3NS/c13-10-3-1-2-9(12(14,15)16)11(10)17-8-4-6-18-7-5-8/h1-3,8,17H,4-7H2. The molecule has 18 heavy (non-hydrogen) atoms. The molecule has 1 aliphatic rings. The summed E-state index contributed by atoms with van der Waals surface area (Å²) in [4.78, 5) is 0. The van der Waals surface area contributed by atoms with Crippen molar-refractivity contribution in [1.29, 1.82) is 0 Å². The molecular weight excluding hydrogens is 283 g/mol. The van der Waals surface area contributed by atoms with Gasteiger partial charge in [0.25, 0.3) is 0 Å². The van der Waals surface area contributed by atoms with Crippen LogP contribution in [0, 0.1) is 0 Å². The molecule has 1 N–H and O–H groups in total. The van der Waals surface area contributed by atoms with E-state index in [0.29, 0.717) is 0 Å². The van der Waals surface area contributed by atoms with Crippen molar-refractivity contribution >= 4 is 29.1 Å². The van der Waals surface area contributed by atoms with Crippen molar-refractivity contribution < 1.29 is 13.2 Å². The molecule has 0 aliphatic carbocycles. The molecule has 2 rings (SSSR count). The number of rotatable bonds is 2. The monoisotopic (exact) mass is 295 g/mol. The van der Waals surface area contributed by atoms with E-state index in [2.05, 4.69) is 5.32 Å². The van der Waals surface area contributed by atoms with E-state index in [0.717, 1.165) is 30.4 Å². The Morgan fingerprint density at radius 1 is 1.22 bits per heavy atom. The number of nitrogens with one attached hydrogen (secondary N) is 1. The molecule has 1 saturated heterocycles. The zero-order valence-corrected chi connectivity index (χ0v) is 11.1. The first-order chi connectivity index (χ1) is 8.48. The molecule has 0 radical (unpaired) electrons. The lowest BCUT2D eigenvalue weighted by atomic mass is 10.1. The normalized spacial score (nSPS) is 17.8. The first-order valence-electron chi connectivity index (χ1n) is 5.68. The van der Waals surface area contributed by atoms with Crippen LogP contribution < -0.4 is 5.32 Å². The molecule has 0 saturated carbocycles. The zero-order valence-electron chi connectivity index (χ0n) is 9.56. The second-order valence-electron chi connectivity index (χ2n) is 4.19. The highest BCUT2D eigenvalue weighted by Gasteiger charge is 2.34. The van der Waals surface area contributed by atoms with Crippen molar-refractivity contribution in [2.45, 2.75) is 25.1 Å². The van der Waals surface area contributed by atoms with E-state index in [9.17, 15) is 13.2 Å². The largest absolute Gasteiger partial charge is 0.418 e. The number of halogens is 4. The van der Waals surface area contributed by atoms with Crippen LogP contribution in [0.3, 0.4) is 0 Å². The van der Waals surface area contributed by atoms with Crippen LogP contribution in [0.4, 0.5) is 18.9 Å². The van der Waals surface area contributed by atoms with Gasteiger partial charge in [-0.3, -0.25) is 0 Å². The van der Waals surface area contributed by atoms with Gasteiger partial charge in [0.05, 0.1) is 16.3 Å². The summed E-state index contributed by atoms with van der Waals surface area (Å²) in [5.41, 5.74) is -0.670. The Morgan fingerprint density at radius 2 is 1.89 bits per heavy atom. The molecule has 1 fully saturated rings. The summed E-state index contributed by atoms with van der Waals surface area (Å²) < 4.78 is 38.6. The van der Waals surface area contributed by atoms with E-state index in [1.54, 1.807) is 0 Å². The summed E-state index contributed by atoms with van der Waals surface area (Å²) in [6.45, 7) is 0. The van der Waals surface area contributed by atoms with Crippen molar-refractivity contribution in [2.75, 3.05) is 16.8 Å². The summed E-state index contributed by atoms with van der Waals surface area (Å²) in [7, 11) is 0. The molecule has 1 aliphatic heterocycles. The van der Waals surface area contributed by atoms with E-state index < -0.39 is 11.7 Å². The smallest absolute Gasteiger partial charge is 0.381 e. The van der Waals surface area contributed by atoms with E-state index >= 15 is 0 Å². The molecule has 6 heteroatoms. The maximum atomic E-state index is 12.9. The number of para-hydroxylation sites is 1. The fraction of sp³-hybridized carbons (Fsp3) is 0.500. The highest BCUT2D eigenvalue weighted by molar-refractivity contribution is 7.99. The van der Waals surface area contributed by atoms with Gasteiger partial charge in [0.2, 0.25) is 0 Å². The molecule has 1 nitrogen and oxygen atoms in total. The number of alkyl halides is 3. The Balaban J connectivity index is 2.25. The van der Waals surface area contributed by atoms with Crippen molar-refractivity contribution in [3.05, 3.63) is 28.8 Å². The Labute approximate surface area is 113 Å². The molecule has 0 atom stereocenters. The van der Waals surface area contributed by atoms with Crippen LogP contribution in [0.1, 0.15) is 18.4 Å². The van der Waals surface area contributed by atoms with Gasteiger partial charge in [-0.05, 0) is 36.5 Å². The second kappa shape index (κ2) is 5.61. The third-order valence-corrected chi connectivity index (χ3v) is 4.25. The first-order valence-corrected chi connectivity index (χ1v) is 7.22. The average Bonchev–Trinajstić information content (AvgIpc) is 2.32. The quantitative estimate of drug-likeness (QED) is 0.851. The summed E-state index contributed by atoms with van der Waals surface area (Å²) in [5.74, 6) is 1.95. The molecule has 1 heterocycles. The minimum Gasteiger partial charge on any atom is -0.381 e. The van der Waals surface area contributed by atoms with Gasteiger partial charge in [-0.25, -0.2) is 0 Å². The van der Waals surface area contributed by atoms with E-state index in [1.807, 2.05) is 11.8 Å². The number of benzene rings is 1. The third kappa shape index (κ3) is 3.26. The minimum atomic E-state index is -4.38. The van der Waals surface area contributed by atoms with E-state index in [4.69, 9.17) is 11.6 Å². The van der Waals surface area contributed by atoms with Gasteiger partial charge in [-0.15, -0.1) is 0 Å². The molecule has 0 amide bonds. The molecule has 0 aromatic heterocycles. The Bertz CT molecular complexity index is 416. The molecule has 0 unspecified atom stereocenters. The summed E-state index contributed by atoms with van der Waals surface area (Å²) in [6, 6.07) is 3.95. The maximum absolute atomic E-state index is 12.9. The number of hydrogen-bond donors (Lipinski definition) is 1. The van der Waals surface area contributed by atoms with Crippen LogP contribution >= 0.6 is 23.4 Å². The van der Waals surface area contributed by atoms with Gasteiger partial charge in [-0.1, -0.05) is 17.7 Å². The average molecular weight is 296 g/mol. The SMILES string of the molecule is FC(F)(F)c1cccc(Cl)c1NC1CCSCC1.